The van der Waals surface area contributed by atoms with E-state index in [4.69, 9.17) is 22.9 Å². The predicted octanol–water partition coefficient (Wildman–Crippen LogP) is 2.35. The van der Waals surface area contributed by atoms with Crippen LogP contribution in [0, 0.1) is 0 Å². The van der Waals surface area contributed by atoms with Crippen molar-refractivity contribution in [1.29, 1.82) is 0 Å². The minimum atomic E-state index is -3.54. The summed E-state index contributed by atoms with van der Waals surface area (Å²) in [5.74, 6) is 0. The molecule has 0 N–H and O–H groups in total. The molecule has 0 radical (unpaired) electrons. The van der Waals surface area contributed by atoms with E-state index in [1.165, 1.54) is 0 Å². The van der Waals surface area contributed by atoms with Crippen molar-refractivity contribution in [2.45, 2.75) is 13.8 Å². The molecule has 0 aliphatic carbocycles. The van der Waals surface area contributed by atoms with Crippen molar-refractivity contribution in [1.82, 2.24) is 0 Å². The zero-order valence-corrected chi connectivity index (χ0v) is 10.6. The number of halogens is 2. The molecule has 0 aromatic heterocycles. The van der Waals surface area contributed by atoms with Gasteiger partial charge in [-0.05, 0) is 0 Å². The third-order valence-corrected chi connectivity index (χ3v) is 8.69. The van der Waals surface area contributed by atoms with Crippen molar-refractivity contribution in [3.8, 4) is 0 Å². The SMILES string of the molecule is CC[O][Hf]([Cl])([Cl])[O]CC. The van der Waals surface area contributed by atoms with Crippen LogP contribution in [-0.2, 0) is 24.2 Å². The molecule has 0 saturated heterocycles. The summed E-state index contributed by atoms with van der Waals surface area (Å²) in [6.07, 6.45) is 0. The first-order chi connectivity index (χ1) is 4.12. The molecular formula is C4H10Cl2HfO2. The van der Waals surface area contributed by atoms with Gasteiger partial charge >= 0.3 is 68.4 Å². The van der Waals surface area contributed by atoms with Gasteiger partial charge in [0.25, 0.3) is 0 Å². The normalized spacial score (nSPS) is 12.0. The topological polar surface area (TPSA) is 18.5 Å². The van der Waals surface area contributed by atoms with Crippen molar-refractivity contribution in [2.75, 3.05) is 13.2 Å². The first kappa shape index (κ1) is 10.4. The Balaban J connectivity index is 3.43. The van der Waals surface area contributed by atoms with Crippen LogP contribution in [0.1, 0.15) is 13.8 Å². The van der Waals surface area contributed by atoms with E-state index in [0.29, 0.717) is 13.2 Å². The van der Waals surface area contributed by atoms with Crippen LogP contribution in [0.3, 0.4) is 0 Å². The van der Waals surface area contributed by atoms with Crippen molar-refractivity contribution >= 4 is 17.2 Å². The van der Waals surface area contributed by atoms with E-state index in [-0.39, 0.29) is 0 Å². The van der Waals surface area contributed by atoms with Gasteiger partial charge in [0.05, 0.1) is 0 Å². The van der Waals surface area contributed by atoms with Crippen molar-refractivity contribution < 1.29 is 24.2 Å². The molecule has 0 aromatic carbocycles. The number of hydrogen-bond donors (Lipinski definition) is 0. The van der Waals surface area contributed by atoms with Gasteiger partial charge in [0.2, 0.25) is 0 Å². The number of hydrogen-bond acceptors (Lipinski definition) is 2. The Hall–Kier alpha value is 1.37. The van der Waals surface area contributed by atoms with Crippen LogP contribution in [-0.4, -0.2) is 13.2 Å². The quantitative estimate of drug-likeness (QED) is 0.732. The van der Waals surface area contributed by atoms with Crippen LogP contribution in [0.2, 0.25) is 0 Å². The minimum absolute atomic E-state index is 0.536. The van der Waals surface area contributed by atoms with E-state index < -0.39 is 18.5 Å². The molecule has 0 aromatic rings. The fourth-order valence-corrected chi connectivity index (χ4v) is 6.66. The van der Waals surface area contributed by atoms with Gasteiger partial charge in [0.1, 0.15) is 0 Å². The third-order valence-electron chi connectivity index (χ3n) is 0.625. The molecule has 0 bridgehead atoms. The molecule has 0 aliphatic heterocycles. The zero-order valence-electron chi connectivity index (χ0n) is 5.49. The standard InChI is InChI=1S/2C2H5O.2ClH.Hf/c2*1-2-3;;;/h2*2H2,1H3;2*1H;/q2*-1;;;+4/p-2. The molecular weight excluding hydrogens is 329 g/mol. The van der Waals surface area contributed by atoms with Crippen LogP contribution in [0.4, 0.5) is 0 Å². The Morgan fingerprint density at radius 3 is 1.67 bits per heavy atom. The van der Waals surface area contributed by atoms with Crippen LogP contribution in [0.5, 0.6) is 0 Å². The maximum atomic E-state index is 5.68. The predicted molar refractivity (Wildman–Crippen MR) is 35.0 cm³/mol. The molecule has 0 amide bonds. The van der Waals surface area contributed by atoms with Gasteiger partial charge in [0.15, 0.2) is 0 Å². The summed E-state index contributed by atoms with van der Waals surface area (Å²) >= 11 is -3.54. The molecule has 5 heteroatoms. The van der Waals surface area contributed by atoms with E-state index in [1.807, 2.05) is 13.8 Å². The molecule has 0 unspecified atom stereocenters. The summed E-state index contributed by atoms with van der Waals surface area (Å²) in [6.45, 7) is 4.76. The molecule has 2 nitrogen and oxygen atoms in total. The summed E-state index contributed by atoms with van der Waals surface area (Å²) in [7, 11) is 11.4. The molecule has 0 heterocycles. The third kappa shape index (κ3) is 5.80. The van der Waals surface area contributed by atoms with E-state index in [1.54, 1.807) is 0 Å². The van der Waals surface area contributed by atoms with Gasteiger partial charge in [-0.25, -0.2) is 0 Å². The monoisotopic (exact) mass is 340 g/mol. The van der Waals surface area contributed by atoms with E-state index >= 15 is 0 Å². The molecule has 0 spiro atoms. The summed E-state index contributed by atoms with van der Waals surface area (Å²) in [6, 6.07) is 0. The van der Waals surface area contributed by atoms with Gasteiger partial charge in [0, 0.05) is 0 Å². The average Bonchev–Trinajstić information content (AvgIpc) is 1.64. The summed E-state index contributed by atoms with van der Waals surface area (Å²) in [5, 5.41) is 0. The zero-order chi connectivity index (χ0) is 7.33. The second-order valence-corrected chi connectivity index (χ2v) is 16.5. The fourth-order valence-electron chi connectivity index (χ4n) is 0.378. The molecule has 0 fully saturated rings. The van der Waals surface area contributed by atoms with Crippen molar-refractivity contribution in [3.05, 3.63) is 0 Å². The molecule has 56 valence electrons. The fraction of sp³-hybridized carbons (Fsp3) is 1.00. The van der Waals surface area contributed by atoms with Crippen molar-refractivity contribution in [3.63, 3.8) is 0 Å². The van der Waals surface area contributed by atoms with Crippen LogP contribution in [0.25, 0.3) is 0 Å². The second kappa shape index (κ2) is 5.08. The van der Waals surface area contributed by atoms with Gasteiger partial charge < -0.3 is 0 Å². The van der Waals surface area contributed by atoms with Crippen LogP contribution in [0.15, 0.2) is 0 Å². The van der Waals surface area contributed by atoms with Gasteiger partial charge in [-0.2, -0.15) is 0 Å². The van der Waals surface area contributed by atoms with Crippen molar-refractivity contribution in [2.24, 2.45) is 0 Å². The first-order valence-electron chi connectivity index (χ1n) is 2.78. The van der Waals surface area contributed by atoms with Crippen LogP contribution < -0.4 is 0 Å². The molecule has 0 rings (SSSR count). The van der Waals surface area contributed by atoms with E-state index in [2.05, 4.69) is 0 Å². The maximum absolute atomic E-state index is 5.68. The summed E-state index contributed by atoms with van der Waals surface area (Å²) < 4.78 is 10.0. The van der Waals surface area contributed by atoms with Gasteiger partial charge in [-0.1, -0.05) is 0 Å². The number of rotatable bonds is 4. The molecule has 9 heavy (non-hydrogen) atoms. The Labute approximate surface area is 68.1 Å². The molecule has 0 saturated carbocycles. The second-order valence-electron chi connectivity index (χ2n) is 1.33. The van der Waals surface area contributed by atoms with Crippen LogP contribution >= 0.6 is 17.2 Å². The van der Waals surface area contributed by atoms with Gasteiger partial charge in [-0.3, -0.25) is 0 Å². The first-order valence-corrected chi connectivity index (χ1v) is 14.6. The Kier molecular flexibility index (Phi) is 5.85. The van der Waals surface area contributed by atoms with E-state index in [9.17, 15) is 0 Å². The van der Waals surface area contributed by atoms with E-state index in [0.717, 1.165) is 0 Å². The average molecular weight is 340 g/mol. The van der Waals surface area contributed by atoms with Gasteiger partial charge in [-0.15, -0.1) is 0 Å². The molecule has 0 atom stereocenters. The Morgan fingerprint density at radius 2 is 1.44 bits per heavy atom. The Morgan fingerprint density at radius 1 is 1.11 bits per heavy atom. The Bertz CT molecular complexity index is 71.0. The summed E-state index contributed by atoms with van der Waals surface area (Å²) in [4.78, 5) is 0. The summed E-state index contributed by atoms with van der Waals surface area (Å²) in [5.41, 5.74) is 0. The molecule has 0 aliphatic rings.